The van der Waals surface area contributed by atoms with E-state index < -0.39 is 5.60 Å². The van der Waals surface area contributed by atoms with E-state index in [1.165, 1.54) is 0 Å². The van der Waals surface area contributed by atoms with Crippen LogP contribution in [0.1, 0.15) is 51.6 Å². The van der Waals surface area contributed by atoms with E-state index in [0.29, 0.717) is 6.42 Å². The molecule has 0 unspecified atom stereocenters. The smallest absolute Gasteiger partial charge is 0.411 e. The monoisotopic (exact) mass is 287 g/mol. The third-order valence-corrected chi connectivity index (χ3v) is 3.50. The average molecular weight is 287 g/mol. The van der Waals surface area contributed by atoms with Crippen LogP contribution in [0.25, 0.3) is 0 Å². The van der Waals surface area contributed by atoms with Crippen molar-refractivity contribution in [2.45, 2.75) is 57.7 Å². The molecule has 0 bridgehead atoms. The van der Waals surface area contributed by atoms with Crippen molar-refractivity contribution in [3.63, 3.8) is 0 Å². The van der Waals surface area contributed by atoms with Crippen molar-refractivity contribution in [2.24, 2.45) is 0 Å². The number of nitriles is 1. The van der Waals surface area contributed by atoms with Crippen LogP contribution in [-0.4, -0.2) is 27.6 Å². The van der Waals surface area contributed by atoms with Crippen LogP contribution >= 0.6 is 0 Å². The van der Waals surface area contributed by atoms with Crippen LogP contribution in [0.2, 0.25) is 0 Å². The van der Waals surface area contributed by atoms with Gasteiger partial charge in [0.1, 0.15) is 5.60 Å². The highest BCUT2D eigenvalue weighted by Gasteiger charge is 2.39. The van der Waals surface area contributed by atoms with E-state index in [4.69, 9.17) is 10.00 Å². The molecule has 2 heterocycles. The number of likely N-dealkylation sites (tertiary alicyclic amines) is 1. The fourth-order valence-corrected chi connectivity index (χ4v) is 2.68. The lowest BCUT2D eigenvalue weighted by atomic mass is 10.1. The SMILES string of the molecule is CC(C)(C)OC(=O)N1[C@H](CC#N)CC[C@@H]1c1cccnc1. The van der Waals surface area contributed by atoms with Crippen molar-refractivity contribution >= 4 is 6.09 Å². The Kier molecular flexibility index (Phi) is 4.46. The molecule has 1 aliphatic rings. The Morgan fingerprint density at radius 3 is 2.86 bits per heavy atom. The number of carbonyl (C=O) groups excluding carboxylic acids is 1. The molecule has 2 atom stereocenters. The van der Waals surface area contributed by atoms with Gasteiger partial charge in [-0.05, 0) is 45.2 Å². The van der Waals surface area contributed by atoms with Crippen LogP contribution in [-0.2, 0) is 4.74 Å². The Balaban J connectivity index is 2.25. The number of hydrogen-bond acceptors (Lipinski definition) is 4. The molecule has 1 amide bonds. The van der Waals surface area contributed by atoms with Crippen molar-refractivity contribution in [3.05, 3.63) is 30.1 Å². The van der Waals surface area contributed by atoms with Crippen LogP contribution < -0.4 is 0 Å². The van der Waals surface area contributed by atoms with Crippen LogP contribution in [0.15, 0.2) is 24.5 Å². The molecule has 2 rings (SSSR count). The predicted molar refractivity (Wildman–Crippen MR) is 78.3 cm³/mol. The zero-order chi connectivity index (χ0) is 15.5. The first-order chi connectivity index (χ1) is 9.92. The van der Waals surface area contributed by atoms with Gasteiger partial charge in [-0.1, -0.05) is 6.07 Å². The number of rotatable bonds is 2. The number of nitrogens with zero attached hydrogens (tertiary/aromatic N) is 3. The van der Waals surface area contributed by atoms with Gasteiger partial charge >= 0.3 is 6.09 Å². The summed E-state index contributed by atoms with van der Waals surface area (Å²) in [7, 11) is 0. The van der Waals surface area contributed by atoms with Gasteiger partial charge in [-0.25, -0.2) is 4.79 Å². The Bertz CT molecular complexity index is 531. The number of ether oxygens (including phenoxy) is 1. The first-order valence-electron chi connectivity index (χ1n) is 7.20. The van der Waals surface area contributed by atoms with Crippen molar-refractivity contribution < 1.29 is 9.53 Å². The highest BCUT2D eigenvalue weighted by Crippen LogP contribution is 2.38. The third-order valence-electron chi connectivity index (χ3n) is 3.50. The third kappa shape index (κ3) is 3.72. The maximum Gasteiger partial charge on any atom is 0.411 e. The van der Waals surface area contributed by atoms with Gasteiger partial charge in [0.25, 0.3) is 0 Å². The maximum absolute atomic E-state index is 12.5. The van der Waals surface area contributed by atoms with Gasteiger partial charge in [-0.2, -0.15) is 5.26 Å². The summed E-state index contributed by atoms with van der Waals surface area (Å²) in [5, 5.41) is 8.97. The molecule has 1 aromatic heterocycles. The minimum atomic E-state index is -0.545. The highest BCUT2D eigenvalue weighted by molar-refractivity contribution is 5.70. The van der Waals surface area contributed by atoms with Crippen LogP contribution in [0.3, 0.4) is 0 Å². The molecule has 112 valence electrons. The standard InChI is InChI=1S/C16H21N3O2/c1-16(2,3)21-15(20)19-13(8-9-17)6-7-14(19)12-5-4-10-18-11-12/h4-5,10-11,13-14H,6-8H2,1-3H3/t13-,14+/m0/s1. The van der Waals surface area contributed by atoms with E-state index in [9.17, 15) is 4.79 Å². The van der Waals surface area contributed by atoms with Gasteiger partial charge in [-0.15, -0.1) is 0 Å². The molecular formula is C16H21N3O2. The second-order valence-electron chi connectivity index (χ2n) is 6.28. The largest absolute Gasteiger partial charge is 0.444 e. The van der Waals surface area contributed by atoms with Crippen molar-refractivity contribution in [2.75, 3.05) is 0 Å². The van der Waals surface area contributed by atoms with Crippen molar-refractivity contribution in [1.82, 2.24) is 9.88 Å². The Morgan fingerprint density at radius 1 is 1.52 bits per heavy atom. The van der Waals surface area contributed by atoms with Crippen molar-refractivity contribution in [3.8, 4) is 6.07 Å². The van der Waals surface area contributed by atoms with E-state index in [1.54, 1.807) is 17.3 Å². The van der Waals surface area contributed by atoms with Gasteiger partial charge in [0.15, 0.2) is 0 Å². The Labute approximate surface area is 125 Å². The van der Waals surface area contributed by atoms with E-state index >= 15 is 0 Å². The molecule has 1 aromatic rings. The quantitative estimate of drug-likeness (QED) is 0.835. The molecular weight excluding hydrogens is 266 g/mol. The topological polar surface area (TPSA) is 66.2 Å². The lowest BCUT2D eigenvalue weighted by Gasteiger charge is -2.32. The zero-order valence-electron chi connectivity index (χ0n) is 12.7. The summed E-state index contributed by atoms with van der Waals surface area (Å²) in [5.41, 5.74) is 0.444. The average Bonchev–Trinajstić information content (AvgIpc) is 2.82. The normalized spacial score (nSPS) is 21.9. The molecule has 0 saturated carbocycles. The van der Waals surface area contributed by atoms with Gasteiger partial charge in [0, 0.05) is 18.4 Å². The van der Waals surface area contributed by atoms with E-state index in [1.807, 2.05) is 32.9 Å². The van der Waals surface area contributed by atoms with Crippen molar-refractivity contribution in [1.29, 1.82) is 5.26 Å². The zero-order valence-corrected chi connectivity index (χ0v) is 12.7. The maximum atomic E-state index is 12.5. The molecule has 0 spiro atoms. The summed E-state index contributed by atoms with van der Waals surface area (Å²) in [6.07, 6.45) is 5.11. The summed E-state index contributed by atoms with van der Waals surface area (Å²) in [6, 6.07) is 5.84. The summed E-state index contributed by atoms with van der Waals surface area (Å²) >= 11 is 0. The Hall–Kier alpha value is -2.09. The predicted octanol–water partition coefficient (Wildman–Crippen LogP) is 3.44. The highest BCUT2D eigenvalue weighted by atomic mass is 16.6. The molecule has 0 N–H and O–H groups in total. The van der Waals surface area contributed by atoms with E-state index in [-0.39, 0.29) is 18.2 Å². The molecule has 1 aliphatic heterocycles. The van der Waals surface area contributed by atoms with Gasteiger partial charge < -0.3 is 4.74 Å². The summed E-state index contributed by atoms with van der Waals surface area (Å²) in [5.74, 6) is 0. The Morgan fingerprint density at radius 2 is 2.29 bits per heavy atom. The lowest BCUT2D eigenvalue weighted by molar-refractivity contribution is 0.0147. The molecule has 21 heavy (non-hydrogen) atoms. The number of pyridine rings is 1. The summed E-state index contributed by atoms with van der Waals surface area (Å²) < 4.78 is 5.51. The first-order valence-corrected chi connectivity index (χ1v) is 7.20. The van der Waals surface area contributed by atoms with Gasteiger partial charge in [-0.3, -0.25) is 9.88 Å². The molecule has 1 saturated heterocycles. The number of carbonyl (C=O) groups is 1. The fourth-order valence-electron chi connectivity index (χ4n) is 2.68. The fraction of sp³-hybridized carbons (Fsp3) is 0.562. The molecule has 0 aliphatic carbocycles. The van der Waals surface area contributed by atoms with E-state index in [0.717, 1.165) is 18.4 Å². The lowest BCUT2D eigenvalue weighted by Crippen LogP contribution is -2.41. The molecule has 1 fully saturated rings. The first kappa shape index (κ1) is 15.3. The van der Waals surface area contributed by atoms with Gasteiger partial charge in [0.2, 0.25) is 0 Å². The molecule has 0 radical (unpaired) electrons. The number of amides is 1. The summed E-state index contributed by atoms with van der Waals surface area (Å²) in [4.78, 5) is 18.3. The van der Waals surface area contributed by atoms with Crippen LogP contribution in [0.5, 0.6) is 0 Å². The minimum Gasteiger partial charge on any atom is -0.444 e. The number of hydrogen-bond donors (Lipinski definition) is 0. The molecule has 0 aromatic carbocycles. The molecule has 5 nitrogen and oxygen atoms in total. The van der Waals surface area contributed by atoms with Crippen LogP contribution in [0, 0.1) is 11.3 Å². The van der Waals surface area contributed by atoms with Crippen LogP contribution in [0.4, 0.5) is 4.79 Å². The van der Waals surface area contributed by atoms with Gasteiger partial charge in [0.05, 0.1) is 18.5 Å². The second kappa shape index (κ2) is 6.13. The minimum absolute atomic E-state index is 0.0631. The summed E-state index contributed by atoms with van der Waals surface area (Å²) in [6.45, 7) is 5.54. The molecule has 5 heteroatoms. The second-order valence-corrected chi connectivity index (χ2v) is 6.28. The number of aromatic nitrogens is 1. The van der Waals surface area contributed by atoms with E-state index in [2.05, 4.69) is 11.1 Å².